The molecule has 8 nitrogen and oxygen atoms in total. The number of aryl methyl sites for hydroxylation is 2. The maximum atomic E-state index is 13.5. The molecule has 2 N–H and O–H groups in total. The van der Waals surface area contributed by atoms with Gasteiger partial charge in [0, 0.05) is 31.4 Å². The molecule has 1 aromatic heterocycles. The number of phenols is 1. The van der Waals surface area contributed by atoms with E-state index < -0.39 is 6.04 Å². The van der Waals surface area contributed by atoms with E-state index in [9.17, 15) is 9.90 Å². The van der Waals surface area contributed by atoms with Crippen LogP contribution in [0.25, 0.3) is 11.3 Å². The van der Waals surface area contributed by atoms with Crippen LogP contribution < -0.4 is 9.47 Å². The third-order valence-electron chi connectivity index (χ3n) is 6.17. The highest BCUT2D eigenvalue weighted by Gasteiger charge is 2.42. The lowest BCUT2D eigenvalue weighted by atomic mass is 9.93. The van der Waals surface area contributed by atoms with Crippen molar-refractivity contribution >= 4 is 5.91 Å². The number of aromatic nitrogens is 2. The molecular weight excluding hydrogens is 446 g/mol. The van der Waals surface area contributed by atoms with Crippen molar-refractivity contribution in [2.24, 2.45) is 0 Å². The number of H-pyrrole nitrogens is 1. The molecule has 0 aliphatic carbocycles. The molecule has 2 heterocycles. The topological polar surface area (TPSA) is 96.9 Å². The number of phenolic OH excluding ortho intramolecular Hbond substituents is 1. The maximum Gasteiger partial charge on any atom is 0.273 e. The van der Waals surface area contributed by atoms with Gasteiger partial charge in [0.05, 0.1) is 13.2 Å². The first-order valence-corrected chi connectivity index (χ1v) is 11.5. The molecule has 4 rings (SSSR count). The second kappa shape index (κ2) is 10.2. The lowest BCUT2D eigenvalue weighted by Gasteiger charge is -2.27. The summed E-state index contributed by atoms with van der Waals surface area (Å²) in [5.41, 5.74) is 5.01. The molecule has 0 bridgehead atoms. The van der Waals surface area contributed by atoms with E-state index in [1.165, 1.54) is 0 Å². The zero-order chi connectivity index (χ0) is 25.1. The summed E-state index contributed by atoms with van der Waals surface area (Å²) in [7, 11) is 3.22. The summed E-state index contributed by atoms with van der Waals surface area (Å²) in [5.74, 6) is 1.13. The molecule has 8 heteroatoms. The average Bonchev–Trinajstić information content (AvgIpc) is 3.36. The van der Waals surface area contributed by atoms with Crippen molar-refractivity contribution in [3.8, 4) is 28.5 Å². The SMILES string of the molecule is C=CCOc1ccc(C2c3c(-c4c(C)cc(C)cc4O)n[nH]c3C(=O)N2CCCOC)cc1OC. The average molecular weight is 478 g/mol. The van der Waals surface area contributed by atoms with Gasteiger partial charge in [-0.25, -0.2) is 0 Å². The summed E-state index contributed by atoms with van der Waals surface area (Å²) in [5, 5.41) is 18.3. The highest BCUT2D eigenvalue weighted by molar-refractivity contribution is 6.00. The van der Waals surface area contributed by atoms with Crippen molar-refractivity contribution in [2.45, 2.75) is 26.3 Å². The number of hydrogen-bond donors (Lipinski definition) is 2. The normalized spacial score (nSPS) is 14.8. The standard InChI is InChI=1S/C27H31N3O5/c1-6-11-35-20-9-8-18(15-21(20)34-5)26-23-24(22-17(3)13-16(2)14-19(22)31)28-29-25(23)27(32)30(26)10-7-12-33-4/h6,8-9,13-15,26,31H,1,7,10-12H2,2-5H3,(H,28,29). The number of nitrogens with zero attached hydrogens (tertiary/aromatic N) is 2. The highest BCUT2D eigenvalue weighted by atomic mass is 16.5. The molecular formula is C27H31N3O5. The number of aromatic hydroxyl groups is 1. The Hall–Kier alpha value is -3.78. The van der Waals surface area contributed by atoms with Crippen LogP contribution in [0.15, 0.2) is 43.0 Å². The Balaban J connectivity index is 1.86. The Kier molecular flexibility index (Phi) is 7.12. The number of aromatic amines is 1. The molecule has 2 aromatic carbocycles. The van der Waals surface area contributed by atoms with E-state index in [0.29, 0.717) is 54.6 Å². The van der Waals surface area contributed by atoms with Crippen LogP contribution in [0.5, 0.6) is 17.2 Å². The van der Waals surface area contributed by atoms with Gasteiger partial charge in [0.15, 0.2) is 11.5 Å². The fraction of sp³-hybridized carbons (Fsp3) is 0.333. The predicted octanol–water partition coefficient (Wildman–Crippen LogP) is 4.55. The maximum absolute atomic E-state index is 13.5. The van der Waals surface area contributed by atoms with E-state index in [4.69, 9.17) is 14.2 Å². The van der Waals surface area contributed by atoms with Crippen molar-refractivity contribution in [1.29, 1.82) is 0 Å². The van der Waals surface area contributed by atoms with Gasteiger partial charge in [-0.2, -0.15) is 5.10 Å². The Morgan fingerprint density at radius 2 is 2.00 bits per heavy atom. The van der Waals surface area contributed by atoms with Crippen LogP contribution in [0, 0.1) is 13.8 Å². The lowest BCUT2D eigenvalue weighted by Crippen LogP contribution is -2.31. The predicted molar refractivity (Wildman–Crippen MR) is 133 cm³/mol. The third kappa shape index (κ3) is 4.49. The largest absolute Gasteiger partial charge is 0.507 e. The molecule has 0 radical (unpaired) electrons. The van der Waals surface area contributed by atoms with Gasteiger partial charge in [-0.1, -0.05) is 24.8 Å². The Labute approximate surface area is 205 Å². The number of fused-ring (bicyclic) bond motifs is 1. The van der Waals surface area contributed by atoms with E-state index in [1.54, 1.807) is 26.4 Å². The number of nitrogens with one attached hydrogen (secondary N) is 1. The molecule has 0 spiro atoms. The van der Waals surface area contributed by atoms with E-state index in [0.717, 1.165) is 22.3 Å². The molecule has 0 saturated heterocycles. The molecule has 0 saturated carbocycles. The minimum atomic E-state index is -0.425. The zero-order valence-electron chi connectivity index (χ0n) is 20.6. The summed E-state index contributed by atoms with van der Waals surface area (Å²) in [6.45, 7) is 8.93. The van der Waals surface area contributed by atoms with Crippen LogP contribution in [0.3, 0.4) is 0 Å². The monoisotopic (exact) mass is 477 g/mol. The number of carbonyl (C=O) groups is 1. The van der Waals surface area contributed by atoms with Gasteiger partial charge < -0.3 is 24.2 Å². The fourth-order valence-electron chi connectivity index (χ4n) is 4.72. The second-order valence-corrected chi connectivity index (χ2v) is 8.59. The molecule has 1 atom stereocenters. The van der Waals surface area contributed by atoms with Crippen LogP contribution in [0.1, 0.15) is 45.2 Å². The van der Waals surface area contributed by atoms with Crippen LogP contribution in [-0.2, 0) is 4.74 Å². The first kappa shape index (κ1) is 24.3. The minimum Gasteiger partial charge on any atom is -0.507 e. The molecule has 0 fully saturated rings. The molecule has 1 aliphatic rings. The number of methoxy groups -OCH3 is 2. The van der Waals surface area contributed by atoms with Crippen LogP contribution in [0.4, 0.5) is 0 Å². The van der Waals surface area contributed by atoms with E-state index in [1.807, 2.05) is 43.0 Å². The molecule has 184 valence electrons. The summed E-state index contributed by atoms with van der Waals surface area (Å²) >= 11 is 0. The van der Waals surface area contributed by atoms with Gasteiger partial charge in [0.1, 0.15) is 23.7 Å². The van der Waals surface area contributed by atoms with Crippen LogP contribution >= 0.6 is 0 Å². The van der Waals surface area contributed by atoms with E-state index in [2.05, 4.69) is 16.8 Å². The summed E-state index contributed by atoms with van der Waals surface area (Å²) in [6.07, 6.45) is 2.35. The van der Waals surface area contributed by atoms with Gasteiger partial charge in [0.25, 0.3) is 5.91 Å². The summed E-state index contributed by atoms with van der Waals surface area (Å²) < 4.78 is 16.5. The first-order valence-electron chi connectivity index (χ1n) is 11.5. The van der Waals surface area contributed by atoms with Crippen molar-refractivity contribution in [3.63, 3.8) is 0 Å². The smallest absolute Gasteiger partial charge is 0.273 e. The zero-order valence-corrected chi connectivity index (χ0v) is 20.6. The van der Waals surface area contributed by atoms with Gasteiger partial charge in [0.2, 0.25) is 0 Å². The number of carbonyl (C=O) groups excluding carboxylic acids is 1. The Morgan fingerprint density at radius 3 is 2.69 bits per heavy atom. The fourth-order valence-corrected chi connectivity index (χ4v) is 4.72. The minimum absolute atomic E-state index is 0.131. The van der Waals surface area contributed by atoms with Crippen molar-refractivity contribution in [1.82, 2.24) is 15.1 Å². The number of benzene rings is 2. The van der Waals surface area contributed by atoms with Crippen molar-refractivity contribution in [3.05, 3.63) is 70.9 Å². The third-order valence-corrected chi connectivity index (χ3v) is 6.17. The van der Waals surface area contributed by atoms with Crippen LogP contribution in [-0.4, -0.2) is 60.1 Å². The van der Waals surface area contributed by atoms with Gasteiger partial charge in [-0.3, -0.25) is 9.89 Å². The number of hydrogen-bond acceptors (Lipinski definition) is 6. The highest BCUT2D eigenvalue weighted by Crippen LogP contribution is 2.46. The van der Waals surface area contributed by atoms with Crippen LogP contribution in [0.2, 0.25) is 0 Å². The number of rotatable bonds is 10. The molecule has 3 aromatic rings. The Bertz CT molecular complexity index is 1230. The van der Waals surface area contributed by atoms with Gasteiger partial charge >= 0.3 is 0 Å². The van der Waals surface area contributed by atoms with Crippen molar-refractivity contribution in [2.75, 3.05) is 34.0 Å². The summed E-state index contributed by atoms with van der Waals surface area (Å²) in [6, 6.07) is 8.92. The van der Waals surface area contributed by atoms with Gasteiger partial charge in [-0.15, -0.1) is 0 Å². The lowest BCUT2D eigenvalue weighted by molar-refractivity contribution is 0.0723. The number of amides is 1. The molecule has 35 heavy (non-hydrogen) atoms. The van der Waals surface area contributed by atoms with E-state index in [-0.39, 0.29) is 11.7 Å². The quantitative estimate of drug-likeness (QED) is 0.328. The molecule has 1 amide bonds. The van der Waals surface area contributed by atoms with Crippen molar-refractivity contribution < 1.29 is 24.1 Å². The summed E-state index contributed by atoms with van der Waals surface area (Å²) in [4.78, 5) is 15.3. The molecule has 1 unspecified atom stereocenters. The Morgan fingerprint density at radius 1 is 1.20 bits per heavy atom. The molecule has 1 aliphatic heterocycles. The second-order valence-electron chi connectivity index (χ2n) is 8.59. The van der Waals surface area contributed by atoms with E-state index >= 15 is 0 Å². The number of ether oxygens (including phenoxy) is 3. The first-order chi connectivity index (χ1) is 16.9. The van der Waals surface area contributed by atoms with Gasteiger partial charge in [-0.05, 0) is 55.2 Å².